The third kappa shape index (κ3) is 6.91. The molecule has 1 aromatic heterocycles. The summed E-state index contributed by atoms with van der Waals surface area (Å²) in [6, 6.07) is 7.72. The van der Waals surface area contributed by atoms with Gasteiger partial charge in [0.25, 0.3) is 0 Å². The van der Waals surface area contributed by atoms with Gasteiger partial charge in [0.05, 0.1) is 24.5 Å². The van der Waals surface area contributed by atoms with Crippen LogP contribution in [0.5, 0.6) is 5.75 Å². The molecule has 1 heterocycles. The number of methoxy groups -OCH3 is 1. The number of hydrogen-bond acceptors (Lipinski definition) is 7. The fourth-order valence-electron chi connectivity index (χ4n) is 3.16. The molecule has 0 aliphatic rings. The second-order valence-electron chi connectivity index (χ2n) is 7.07. The molecule has 0 radical (unpaired) electrons. The highest BCUT2D eigenvalue weighted by molar-refractivity contribution is 7.89. The van der Waals surface area contributed by atoms with Gasteiger partial charge in [-0.25, -0.2) is 13.1 Å². The van der Waals surface area contributed by atoms with Gasteiger partial charge < -0.3 is 18.8 Å². The molecule has 9 nitrogen and oxygen atoms in total. The first kappa shape index (κ1) is 25.6. The summed E-state index contributed by atoms with van der Waals surface area (Å²) in [4.78, 5) is 24.5. The van der Waals surface area contributed by atoms with Crippen molar-refractivity contribution in [2.24, 2.45) is 0 Å². The number of sulfonamides is 1. The van der Waals surface area contributed by atoms with Gasteiger partial charge in [-0.05, 0) is 51.1 Å². The highest BCUT2D eigenvalue weighted by Crippen LogP contribution is 2.17. The van der Waals surface area contributed by atoms with Gasteiger partial charge >= 0.3 is 5.97 Å². The van der Waals surface area contributed by atoms with E-state index in [1.54, 1.807) is 25.3 Å². The van der Waals surface area contributed by atoms with Crippen molar-refractivity contribution in [3.05, 3.63) is 47.3 Å². The average Bonchev–Trinajstić information content (AvgIpc) is 3.04. The van der Waals surface area contributed by atoms with Crippen molar-refractivity contribution < 1.29 is 32.2 Å². The van der Waals surface area contributed by atoms with Gasteiger partial charge in [0.2, 0.25) is 15.8 Å². The lowest BCUT2D eigenvalue weighted by atomic mass is 10.1. The van der Waals surface area contributed by atoms with Gasteiger partial charge in [-0.15, -0.1) is 0 Å². The van der Waals surface area contributed by atoms with Crippen LogP contribution in [0.1, 0.15) is 35.1 Å². The van der Waals surface area contributed by atoms with Crippen LogP contribution in [0, 0.1) is 13.8 Å². The topological polar surface area (TPSA) is 113 Å². The summed E-state index contributed by atoms with van der Waals surface area (Å²) >= 11 is 0. The van der Waals surface area contributed by atoms with E-state index in [9.17, 15) is 18.0 Å². The van der Waals surface area contributed by atoms with E-state index in [-0.39, 0.29) is 23.6 Å². The number of carbonyl (C=O) groups excluding carboxylic acids is 2. The third-order valence-electron chi connectivity index (χ3n) is 4.82. The first-order valence-corrected chi connectivity index (χ1v) is 11.7. The first-order chi connectivity index (χ1) is 15.2. The summed E-state index contributed by atoms with van der Waals surface area (Å²) in [7, 11) is -2.16. The van der Waals surface area contributed by atoms with Crippen LogP contribution >= 0.6 is 0 Å². The molecule has 0 aliphatic carbocycles. The molecule has 0 bridgehead atoms. The number of ether oxygens (including phenoxy) is 3. The van der Waals surface area contributed by atoms with Gasteiger partial charge in [-0.1, -0.05) is 0 Å². The lowest BCUT2D eigenvalue weighted by Gasteiger charge is -2.09. The molecule has 0 fully saturated rings. The van der Waals surface area contributed by atoms with Gasteiger partial charge in [-0.3, -0.25) is 9.59 Å². The maximum atomic E-state index is 12.5. The zero-order valence-corrected chi connectivity index (χ0v) is 19.7. The van der Waals surface area contributed by atoms with Gasteiger partial charge in [-0.2, -0.15) is 0 Å². The van der Waals surface area contributed by atoms with E-state index in [0.29, 0.717) is 31.1 Å². The molecule has 0 spiro atoms. The van der Waals surface area contributed by atoms with Crippen LogP contribution in [0.15, 0.2) is 35.2 Å². The van der Waals surface area contributed by atoms with E-state index < -0.39 is 22.6 Å². The highest BCUT2D eigenvalue weighted by Gasteiger charge is 2.18. The molecule has 10 heteroatoms. The van der Waals surface area contributed by atoms with Crippen LogP contribution in [-0.2, 0) is 30.8 Å². The summed E-state index contributed by atoms with van der Waals surface area (Å²) in [5, 5.41) is 0. The molecule has 2 rings (SSSR count). The number of esters is 1. The van der Waals surface area contributed by atoms with Crippen molar-refractivity contribution in [3.63, 3.8) is 0 Å². The largest absolute Gasteiger partial charge is 0.494 e. The SMILES string of the molecule is CCOc1ccc(S(=O)(=O)NCCC(=O)OCC(=O)c2cc(C)n(CCOC)c2C)cc1. The highest BCUT2D eigenvalue weighted by atomic mass is 32.2. The average molecular weight is 467 g/mol. The zero-order chi connectivity index (χ0) is 23.7. The molecular formula is C22H30N2O7S. The predicted octanol–water partition coefficient (Wildman–Crippen LogP) is 2.24. The maximum Gasteiger partial charge on any atom is 0.307 e. The minimum Gasteiger partial charge on any atom is -0.494 e. The van der Waals surface area contributed by atoms with Gasteiger partial charge in [0.1, 0.15) is 5.75 Å². The number of nitrogens with one attached hydrogen (secondary N) is 1. The van der Waals surface area contributed by atoms with Crippen molar-refractivity contribution in [2.45, 2.75) is 38.6 Å². The number of aryl methyl sites for hydroxylation is 1. The summed E-state index contributed by atoms with van der Waals surface area (Å²) in [6.07, 6.45) is -0.198. The number of rotatable bonds is 13. The van der Waals surface area contributed by atoms with Crippen molar-refractivity contribution in [2.75, 3.05) is 33.5 Å². The Kier molecular flexibility index (Phi) is 9.42. The van der Waals surface area contributed by atoms with Crippen molar-refractivity contribution >= 4 is 21.8 Å². The quantitative estimate of drug-likeness (QED) is 0.356. The number of nitrogens with zero attached hydrogens (tertiary/aromatic N) is 1. The molecule has 32 heavy (non-hydrogen) atoms. The van der Waals surface area contributed by atoms with E-state index in [4.69, 9.17) is 14.2 Å². The van der Waals surface area contributed by atoms with E-state index in [1.165, 1.54) is 12.1 Å². The molecule has 1 N–H and O–H groups in total. The number of benzene rings is 1. The molecule has 2 aromatic rings. The number of hydrogen-bond donors (Lipinski definition) is 1. The Balaban J connectivity index is 1.82. The molecule has 0 amide bonds. The van der Waals surface area contributed by atoms with E-state index in [0.717, 1.165) is 11.4 Å². The Bertz CT molecular complexity index is 1030. The number of aromatic nitrogens is 1. The Morgan fingerprint density at radius 2 is 1.81 bits per heavy atom. The summed E-state index contributed by atoms with van der Waals surface area (Å²) in [5.74, 6) is -0.412. The number of ketones is 1. The number of Topliss-reactive ketones (excluding diaryl/α,β-unsaturated/α-hetero) is 1. The molecule has 0 atom stereocenters. The van der Waals surface area contributed by atoms with Crippen molar-refractivity contribution in [1.29, 1.82) is 0 Å². The summed E-state index contributed by atoms with van der Waals surface area (Å²) < 4.78 is 44.3. The standard InChI is InChI=1S/C22H30N2O7S/c1-5-30-18-6-8-19(9-7-18)32(27,28)23-11-10-22(26)31-15-21(25)20-14-16(2)24(17(20)3)12-13-29-4/h6-9,14,23H,5,10-13,15H2,1-4H3. The normalized spacial score (nSPS) is 11.4. The third-order valence-corrected chi connectivity index (χ3v) is 6.30. The fourth-order valence-corrected chi connectivity index (χ4v) is 4.19. The van der Waals surface area contributed by atoms with Crippen LogP contribution in [0.4, 0.5) is 0 Å². The smallest absolute Gasteiger partial charge is 0.307 e. The van der Waals surface area contributed by atoms with Crippen molar-refractivity contribution in [3.8, 4) is 5.75 Å². The molecule has 0 aliphatic heterocycles. The van der Waals surface area contributed by atoms with Gasteiger partial charge in [0.15, 0.2) is 6.61 Å². The van der Waals surface area contributed by atoms with Crippen LogP contribution in [0.2, 0.25) is 0 Å². The van der Waals surface area contributed by atoms with Crippen LogP contribution in [0.3, 0.4) is 0 Å². The molecule has 0 unspecified atom stereocenters. The summed E-state index contributed by atoms with van der Waals surface area (Å²) in [5.41, 5.74) is 2.18. The molecule has 176 valence electrons. The van der Waals surface area contributed by atoms with E-state index >= 15 is 0 Å². The van der Waals surface area contributed by atoms with E-state index in [2.05, 4.69) is 4.72 Å². The molecule has 0 saturated carbocycles. The minimum absolute atomic E-state index is 0.0633. The Labute approximate surface area is 188 Å². The monoisotopic (exact) mass is 466 g/mol. The lowest BCUT2D eigenvalue weighted by molar-refractivity contribution is -0.142. The van der Waals surface area contributed by atoms with Crippen LogP contribution in [0.25, 0.3) is 0 Å². The first-order valence-electron chi connectivity index (χ1n) is 10.3. The van der Waals surface area contributed by atoms with Gasteiger partial charge in [0, 0.05) is 37.2 Å². The Hall–Kier alpha value is -2.69. The van der Waals surface area contributed by atoms with E-state index in [1.807, 2.05) is 25.3 Å². The second-order valence-corrected chi connectivity index (χ2v) is 8.83. The number of carbonyl (C=O) groups is 2. The zero-order valence-electron chi connectivity index (χ0n) is 18.8. The lowest BCUT2D eigenvalue weighted by Crippen LogP contribution is -2.27. The molecular weight excluding hydrogens is 436 g/mol. The summed E-state index contributed by atoms with van der Waals surface area (Å²) in [6.45, 7) is 6.62. The molecule has 1 aromatic carbocycles. The van der Waals surface area contributed by atoms with Crippen LogP contribution < -0.4 is 9.46 Å². The minimum atomic E-state index is -3.77. The molecule has 0 saturated heterocycles. The Morgan fingerprint density at radius 1 is 1.12 bits per heavy atom. The maximum absolute atomic E-state index is 12.5. The van der Waals surface area contributed by atoms with Crippen molar-refractivity contribution in [1.82, 2.24) is 9.29 Å². The fraction of sp³-hybridized carbons (Fsp3) is 0.455. The Morgan fingerprint density at radius 3 is 2.44 bits per heavy atom. The van der Waals surface area contributed by atoms with Crippen LogP contribution in [-0.4, -0.2) is 58.2 Å². The second kappa shape index (κ2) is 11.8. The predicted molar refractivity (Wildman–Crippen MR) is 118 cm³/mol.